The molecule has 1 saturated heterocycles. The quantitative estimate of drug-likeness (QED) is 0.828. The van der Waals surface area contributed by atoms with Crippen LogP contribution in [0.1, 0.15) is 31.2 Å². The molecule has 3 rings (SSSR count). The van der Waals surface area contributed by atoms with Gasteiger partial charge in [0.15, 0.2) is 0 Å². The largest absolute Gasteiger partial charge is 0.311 e. The third-order valence-corrected chi connectivity index (χ3v) is 4.48. The number of rotatable bonds is 7. The van der Waals surface area contributed by atoms with Crippen LogP contribution in [0.4, 0.5) is 0 Å². The fourth-order valence-corrected chi connectivity index (χ4v) is 2.99. The van der Waals surface area contributed by atoms with Crippen molar-refractivity contribution in [3.8, 4) is 0 Å². The molecule has 2 heterocycles. The molecule has 0 aromatic carbocycles. The predicted octanol–water partition coefficient (Wildman–Crippen LogP) is 1.72. The second-order valence-electron chi connectivity index (χ2n) is 6.42. The minimum absolute atomic E-state index is 0.875. The Morgan fingerprint density at radius 3 is 2.52 bits per heavy atom. The van der Waals surface area contributed by atoms with Crippen LogP contribution >= 0.6 is 0 Å². The summed E-state index contributed by atoms with van der Waals surface area (Å²) < 4.78 is 0. The highest BCUT2D eigenvalue weighted by molar-refractivity contribution is 5.11. The number of pyridine rings is 1. The van der Waals surface area contributed by atoms with Crippen molar-refractivity contribution < 1.29 is 0 Å². The molecule has 4 nitrogen and oxygen atoms in total. The molecule has 1 aliphatic heterocycles. The van der Waals surface area contributed by atoms with E-state index in [0.717, 1.165) is 31.2 Å². The third kappa shape index (κ3) is 4.77. The minimum Gasteiger partial charge on any atom is -0.311 e. The molecule has 1 saturated carbocycles. The molecule has 1 aliphatic carbocycles. The first-order valence-corrected chi connectivity index (χ1v) is 8.43. The van der Waals surface area contributed by atoms with Crippen LogP contribution in [0.15, 0.2) is 18.2 Å². The normalized spacial score (nSPS) is 20.8. The summed E-state index contributed by atoms with van der Waals surface area (Å²) in [5.41, 5.74) is 2.36. The summed E-state index contributed by atoms with van der Waals surface area (Å²) >= 11 is 0. The molecular formula is C17H28N4. The van der Waals surface area contributed by atoms with Gasteiger partial charge in [-0.2, -0.15) is 0 Å². The molecule has 0 bridgehead atoms. The molecular weight excluding hydrogens is 260 g/mol. The van der Waals surface area contributed by atoms with Crippen molar-refractivity contribution in [2.45, 2.75) is 32.9 Å². The molecule has 1 aromatic heterocycles. The predicted molar refractivity (Wildman–Crippen MR) is 86.1 cm³/mol. The first kappa shape index (κ1) is 14.9. The summed E-state index contributed by atoms with van der Waals surface area (Å²) in [5.74, 6) is 1.01. The van der Waals surface area contributed by atoms with Gasteiger partial charge < -0.3 is 10.2 Å². The van der Waals surface area contributed by atoms with Gasteiger partial charge in [0.25, 0.3) is 0 Å². The van der Waals surface area contributed by atoms with Crippen molar-refractivity contribution >= 4 is 0 Å². The number of nitrogens with one attached hydrogen (secondary N) is 1. The van der Waals surface area contributed by atoms with Crippen molar-refractivity contribution in [1.82, 2.24) is 20.1 Å². The molecule has 0 radical (unpaired) electrons. The average Bonchev–Trinajstić information content (AvgIpc) is 3.32. The fraction of sp³-hybridized carbons (Fsp3) is 0.706. The van der Waals surface area contributed by atoms with E-state index < -0.39 is 0 Å². The van der Waals surface area contributed by atoms with Crippen molar-refractivity contribution in [3.05, 3.63) is 29.6 Å². The van der Waals surface area contributed by atoms with Gasteiger partial charge in [0.05, 0.1) is 11.4 Å². The van der Waals surface area contributed by atoms with E-state index in [1.807, 2.05) is 0 Å². The number of nitrogens with zero attached hydrogens (tertiary/aromatic N) is 3. The standard InChI is InChI=1S/C17H28N4/c1-2-18-12-16-4-3-5-17(19-16)14-21-10-8-20(9-11-21)13-15-6-7-15/h3-5,15,18H,2,6-14H2,1H3. The summed E-state index contributed by atoms with van der Waals surface area (Å²) in [6, 6.07) is 6.41. The summed E-state index contributed by atoms with van der Waals surface area (Å²) in [6.07, 6.45) is 2.92. The van der Waals surface area contributed by atoms with Crippen LogP contribution in [0.3, 0.4) is 0 Å². The monoisotopic (exact) mass is 288 g/mol. The van der Waals surface area contributed by atoms with Gasteiger partial charge in [0, 0.05) is 45.8 Å². The molecule has 21 heavy (non-hydrogen) atoms. The highest BCUT2D eigenvalue weighted by atomic mass is 15.3. The van der Waals surface area contributed by atoms with Gasteiger partial charge in [-0.05, 0) is 37.4 Å². The van der Waals surface area contributed by atoms with Crippen LogP contribution in [-0.4, -0.2) is 54.1 Å². The van der Waals surface area contributed by atoms with E-state index in [1.54, 1.807) is 0 Å². The van der Waals surface area contributed by atoms with Crippen LogP contribution < -0.4 is 5.32 Å². The highest BCUT2D eigenvalue weighted by Gasteiger charge is 2.26. The van der Waals surface area contributed by atoms with Crippen molar-refractivity contribution in [2.24, 2.45) is 5.92 Å². The van der Waals surface area contributed by atoms with E-state index in [0.29, 0.717) is 0 Å². The van der Waals surface area contributed by atoms with E-state index >= 15 is 0 Å². The Hall–Kier alpha value is -0.970. The van der Waals surface area contributed by atoms with Gasteiger partial charge >= 0.3 is 0 Å². The lowest BCUT2D eigenvalue weighted by molar-refractivity contribution is 0.122. The van der Waals surface area contributed by atoms with E-state index in [4.69, 9.17) is 4.98 Å². The zero-order chi connectivity index (χ0) is 14.5. The summed E-state index contributed by atoms with van der Waals surface area (Å²) in [5, 5.41) is 3.34. The van der Waals surface area contributed by atoms with Crippen LogP contribution in [0, 0.1) is 5.92 Å². The van der Waals surface area contributed by atoms with Crippen LogP contribution in [0.5, 0.6) is 0 Å². The summed E-state index contributed by atoms with van der Waals surface area (Å²) in [4.78, 5) is 9.95. The number of hydrogen-bond donors (Lipinski definition) is 1. The number of piperazine rings is 1. The summed E-state index contributed by atoms with van der Waals surface area (Å²) in [7, 11) is 0. The molecule has 2 aliphatic rings. The highest BCUT2D eigenvalue weighted by Crippen LogP contribution is 2.29. The van der Waals surface area contributed by atoms with Crippen molar-refractivity contribution in [2.75, 3.05) is 39.3 Å². The number of hydrogen-bond acceptors (Lipinski definition) is 4. The second-order valence-corrected chi connectivity index (χ2v) is 6.42. The van der Waals surface area contributed by atoms with Gasteiger partial charge in [-0.1, -0.05) is 13.0 Å². The lowest BCUT2D eigenvalue weighted by Crippen LogP contribution is -2.46. The topological polar surface area (TPSA) is 31.4 Å². The Labute approximate surface area is 128 Å². The second kappa shape index (κ2) is 7.34. The number of aromatic nitrogens is 1. The first-order chi connectivity index (χ1) is 10.3. The summed E-state index contributed by atoms with van der Waals surface area (Å²) in [6.45, 7) is 11.2. The van der Waals surface area contributed by atoms with Gasteiger partial charge in [0.2, 0.25) is 0 Å². The van der Waals surface area contributed by atoms with E-state index in [2.05, 4.69) is 40.2 Å². The molecule has 1 aromatic rings. The Morgan fingerprint density at radius 2 is 1.81 bits per heavy atom. The SMILES string of the molecule is CCNCc1cccc(CN2CCN(CC3CC3)CC2)n1. The van der Waals surface area contributed by atoms with Crippen LogP contribution in [0.25, 0.3) is 0 Å². The van der Waals surface area contributed by atoms with Gasteiger partial charge in [-0.15, -0.1) is 0 Å². The average molecular weight is 288 g/mol. The van der Waals surface area contributed by atoms with E-state index in [9.17, 15) is 0 Å². The molecule has 4 heteroatoms. The Kier molecular flexibility index (Phi) is 5.22. The molecule has 0 unspecified atom stereocenters. The fourth-order valence-electron chi connectivity index (χ4n) is 2.99. The third-order valence-electron chi connectivity index (χ3n) is 4.48. The molecule has 0 amide bonds. The Balaban J connectivity index is 1.45. The Morgan fingerprint density at radius 1 is 1.10 bits per heavy atom. The van der Waals surface area contributed by atoms with E-state index in [1.165, 1.54) is 51.3 Å². The molecule has 116 valence electrons. The first-order valence-electron chi connectivity index (χ1n) is 8.43. The maximum Gasteiger partial charge on any atom is 0.0547 e. The smallest absolute Gasteiger partial charge is 0.0547 e. The zero-order valence-corrected chi connectivity index (χ0v) is 13.2. The van der Waals surface area contributed by atoms with Crippen LogP contribution in [0.2, 0.25) is 0 Å². The maximum absolute atomic E-state index is 4.76. The molecule has 0 spiro atoms. The lowest BCUT2D eigenvalue weighted by Gasteiger charge is -2.34. The van der Waals surface area contributed by atoms with Gasteiger partial charge in [-0.25, -0.2) is 0 Å². The van der Waals surface area contributed by atoms with E-state index in [-0.39, 0.29) is 0 Å². The van der Waals surface area contributed by atoms with Crippen molar-refractivity contribution in [1.29, 1.82) is 0 Å². The van der Waals surface area contributed by atoms with Crippen molar-refractivity contribution in [3.63, 3.8) is 0 Å². The lowest BCUT2D eigenvalue weighted by atomic mass is 10.2. The maximum atomic E-state index is 4.76. The van der Waals surface area contributed by atoms with Crippen LogP contribution in [-0.2, 0) is 13.1 Å². The minimum atomic E-state index is 0.875. The van der Waals surface area contributed by atoms with Gasteiger partial charge in [-0.3, -0.25) is 9.88 Å². The van der Waals surface area contributed by atoms with Gasteiger partial charge in [0.1, 0.15) is 0 Å². The Bertz CT molecular complexity index is 436. The zero-order valence-electron chi connectivity index (χ0n) is 13.2. The molecule has 0 atom stereocenters. The molecule has 1 N–H and O–H groups in total. The molecule has 2 fully saturated rings.